The van der Waals surface area contributed by atoms with E-state index in [9.17, 15) is 0 Å². The molecule has 1 aromatic carbocycles. The molecule has 1 saturated heterocycles. The highest BCUT2D eigenvalue weighted by Gasteiger charge is 2.21. The van der Waals surface area contributed by atoms with Gasteiger partial charge in [0.1, 0.15) is 12.1 Å². The number of nitrogens with two attached hydrogens (primary N) is 1. The quantitative estimate of drug-likeness (QED) is 0.775. The molecule has 3 aromatic rings. The van der Waals surface area contributed by atoms with Crippen LogP contribution in [-0.4, -0.2) is 32.8 Å². The topological polar surface area (TPSA) is 81.7 Å². The fraction of sp³-hybridized carbons (Fsp3) is 0.278. The minimum atomic E-state index is 0.300. The molecule has 0 aliphatic carbocycles. The molecule has 6 nitrogen and oxygen atoms in total. The summed E-state index contributed by atoms with van der Waals surface area (Å²) >= 11 is 0. The molecule has 2 aromatic heterocycles. The lowest BCUT2D eigenvalue weighted by Crippen LogP contribution is -2.32. The fourth-order valence-corrected chi connectivity index (χ4v) is 3.18. The molecule has 122 valence electrons. The van der Waals surface area contributed by atoms with Crippen LogP contribution < -0.4 is 11.1 Å². The summed E-state index contributed by atoms with van der Waals surface area (Å²) in [4.78, 5) is 8.59. The number of aromatic nitrogens is 4. The molecule has 0 amide bonds. The lowest BCUT2D eigenvalue weighted by Gasteiger charge is -2.23. The number of nitrogen functional groups attached to an aromatic ring is 1. The largest absolute Gasteiger partial charge is 0.383 e. The zero-order valence-corrected chi connectivity index (χ0v) is 13.4. The van der Waals surface area contributed by atoms with Crippen molar-refractivity contribution >= 4 is 29.0 Å². The molecule has 0 radical (unpaired) electrons. The number of benzene rings is 1. The average Bonchev–Trinajstić information content (AvgIpc) is 3.02. The van der Waals surface area contributed by atoms with Gasteiger partial charge in [0.15, 0.2) is 5.65 Å². The van der Waals surface area contributed by atoms with Crippen molar-refractivity contribution in [3.05, 3.63) is 47.9 Å². The molecule has 24 heavy (non-hydrogen) atoms. The first kappa shape index (κ1) is 14.8. The predicted octanol–water partition coefficient (Wildman–Crippen LogP) is 2.50. The third-order valence-corrected chi connectivity index (χ3v) is 4.40. The second kappa shape index (κ2) is 6.41. The zero-order chi connectivity index (χ0) is 16.4. The normalized spacial score (nSPS) is 18.4. The van der Waals surface area contributed by atoms with Crippen LogP contribution >= 0.6 is 0 Å². The van der Waals surface area contributed by atoms with E-state index >= 15 is 0 Å². The van der Waals surface area contributed by atoms with Gasteiger partial charge in [0, 0.05) is 6.54 Å². The molecule has 1 aliphatic heterocycles. The van der Waals surface area contributed by atoms with Crippen LogP contribution in [0.25, 0.3) is 23.2 Å². The van der Waals surface area contributed by atoms with Gasteiger partial charge in [0.25, 0.3) is 0 Å². The molecular formula is C18H20N6. The van der Waals surface area contributed by atoms with Gasteiger partial charge in [0.2, 0.25) is 0 Å². The van der Waals surface area contributed by atoms with Gasteiger partial charge in [-0.1, -0.05) is 36.4 Å². The van der Waals surface area contributed by atoms with E-state index in [0.29, 0.717) is 11.9 Å². The molecule has 1 fully saturated rings. The summed E-state index contributed by atoms with van der Waals surface area (Å²) in [6, 6.07) is 10.4. The molecule has 1 aliphatic rings. The summed E-state index contributed by atoms with van der Waals surface area (Å²) in [5.41, 5.74) is 8.86. The Balaban J connectivity index is 1.78. The van der Waals surface area contributed by atoms with Crippen molar-refractivity contribution < 1.29 is 0 Å². The number of fused-ring (bicyclic) bond motifs is 1. The third kappa shape index (κ3) is 2.76. The van der Waals surface area contributed by atoms with Gasteiger partial charge in [-0.25, -0.2) is 14.6 Å². The van der Waals surface area contributed by atoms with E-state index in [2.05, 4.69) is 27.4 Å². The maximum absolute atomic E-state index is 6.11. The number of anilines is 1. The Bertz CT molecular complexity index is 862. The Hall–Kier alpha value is -2.73. The average molecular weight is 320 g/mol. The molecule has 4 rings (SSSR count). The summed E-state index contributed by atoms with van der Waals surface area (Å²) in [7, 11) is 0. The second-order valence-corrected chi connectivity index (χ2v) is 6.03. The summed E-state index contributed by atoms with van der Waals surface area (Å²) in [6.45, 7) is 1.97. The highest BCUT2D eigenvalue weighted by atomic mass is 15.3. The van der Waals surface area contributed by atoms with Gasteiger partial charge >= 0.3 is 0 Å². The second-order valence-electron chi connectivity index (χ2n) is 6.03. The number of hydrogen-bond acceptors (Lipinski definition) is 5. The van der Waals surface area contributed by atoms with Crippen LogP contribution in [0.2, 0.25) is 0 Å². The molecule has 0 spiro atoms. The van der Waals surface area contributed by atoms with Gasteiger partial charge in [-0.3, -0.25) is 0 Å². The van der Waals surface area contributed by atoms with Gasteiger partial charge in [-0.15, -0.1) is 0 Å². The highest BCUT2D eigenvalue weighted by molar-refractivity contribution is 5.94. The van der Waals surface area contributed by atoms with E-state index in [1.165, 1.54) is 6.33 Å². The maximum Gasteiger partial charge on any atom is 0.164 e. The highest BCUT2D eigenvalue weighted by Crippen LogP contribution is 2.27. The van der Waals surface area contributed by atoms with Crippen LogP contribution in [0, 0.1) is 0 Å². The van der Waals surface area contributed by atoms with E-state index in [1.54, 1.807) is 0 Å². The third-order valence-electron chi connectivity index (χ3n) is 4.40. The Morgan fingerprint density at radius 1 is 1.17 bits per heavy atom. The van der Waals surface area contributed by atoms with Crippen molar-refractivity contribution in [1.82, 2.24) is 25.1 Å². The molecule has 0 bridgehead atoms. The van der Waals surface area contributed by atoms with Crippen LogP contribution in [0.15, 0.2) is 36.7 Å². The predicted molar refractivity (Wildman–Crippen MR) is 96.2 cm³/mol. The van der Waals surface area contributed by atoms with E-state index < -0.39 is 0 Å². The Labute approximate surface area is 140 Å². The summed E-state index contributed by atoms with van der Waals surface area (Å²) < 4.78 is 2.00. The van der Waals surface area contributed by atoms with Crippen molar-refractivity contribution in [2.24, 2.45) is 0 Å². The smallest absolute Gasteiger partial charge is 0.164 e. The minimum Gasteiger partial charge on any atom is -0.383 e. The van der Waals surface area contributed by atoms with Crippen LogP contribution in [0.4, 0.5) is 5.82 Å². The molecule has 1 unspecified atom stereocenters. The van der Waals surface area contributed by atoms with Gasteiger partial charge in [-0.05, 0) is 31.0 Å². The maximum atomic E-state index is 6.11. The van der Waals surface area contributed by atoms with Gasteiger partial charge in [0.05, 0.1) is 17.1 Å². The fourth-order valence-electron chi connectivity index (χ4n) is 3.18. The molecule has 1 atom stereocenters. The molecular weight excluding hydrogens is 300 g/mol. The van der Waals surface area contributed by atoms with Gasteiger partial charge in [-0.2, -0.15) is 5.10 Å². The number of rotatable bonds is 3. The lowest BCUT2D eigenvalue weighted by atomic mass is 10.1. The first-order valence-electron chi connectivity index (χ1n) is 8.25. The zero-order valence-electron chi connectivity index (χ0n) is 13.4. The van der Waals surface area contributed by atoms with E-state index in [-0.39, 0.29) is 0 Å². The minimum absolute atomic E-state index is 0.300. The van der Waals surface area contributed by atoms with E-state index in [0.717, 1.165) is 48.2 Å². The molecule has 0 saturated carbocycles. The number of hydrogen-bond donors (Lipinski definition) is 2. The van der Waals surface area contributed by atoms with Crippen molar-refractivity contribution in [2.45, 2.75) is 18.9 Å². The first-order valence-corrected chi connectivity index (χ1v) is 8.25. The number of piperidine rings is 1. The summed E-state index contributed by atoms with van der Waals surface area (Å²) in [5, 5.41) is 9.05. The van der Waals surface area contributed by atoms with Gasteiger partial charge < -0.3 is 11.1 Å². The van der Waals surface area contributed by atoms with Crippen LogP contribution in [0.5, 0.6) is 0 Å². The summed E-state index contributed by atoms with van der Waals surface area (Å²) in [6.07, 6.45) is 7.77. The van der Waals surface area contributed by atoms with Crippen molar-refractivity contribution in [1.29, 1.82) is 0 Å². The monoisotopic (exact) mass is 320 g/mol. The molecule has 3 heterocycles. The van der Waals surface area contributed by atoms with Crippen LogP contribution in [0.3, 0.4) is 0 Å². The standard InChI is InChI=1S/C18H20N6/c19-17-16-15(9-8-13-5-2-1-3-6-13)23-24(18(16)22-12-21-17)14-7-4-10-20-11-14/h1-3,5-6,8-9,12,14,20H,4,7,10-11H2,(H2,19,21,22)/b9-8+. The summed E-state index contributed by atoms with van der Waals surface area (Å²) in [5.74, 6) is 0.475. The van der Waals surface area contributed by atoms with E-state index in [4.69, 9.17) is 10.8 Å². The lowest BCUT2D eigenvalue weighted by molar-refractivity contribution is 0.353. The Kier molecular flexibility index (Phi) is 3.96. The first-order chi connectivity index (χ1) is 11.8. The van der Waals surface area contributed by atoms with Crippen molar-refractivity contribution in [3.63, 3.8) is 0 Å². The number of nitrogens with one attached hydrogen (secondary N) is 1. The number of nitrogens with zero attached hydrogens (tertiary/aromatic N) is 4. The van der Waals surface area contributed by atoms with Crippen LogP contribution in [-0.2, 0) is 0 Å². The molecule has 3 N–H and O–H groups in total. The van der Waals surface area contributed by atoms with Crippen LogP contribution in [0.1, 0.15) is 30.1 Å². The SMILES string of the molecule is Nc1ncnc2c1c(/C=C/c1ccccc1)nn2C1CCCNC1. The molecule has 6 heteroatoms. The Morgan fingerprint density at radius 3 is 2.83 bits per heavy atom. The Morgan fingerprint density at radius 2 is 2.04 bits per heavy atom. The van der Waals surface area contributed by atoms with Crippen molar-refractivity contribution in [2.75, 3.05) is 18.8 Å². The van der Waals surface area contributed by atoms with Crippen molar-refractivity contribution in [3.8, 4) is 0 Å². The van der Waals surface area contributed by atoms with E-state index in [1.807, 2.05) is 35.0 Å².